The molecule has 0 radical (unpaired) electrons. The monoisotopic (exact) mass is 294 g/mol. The first-order valence-corrected chi connectivity index (χ1v) is 7.22. The second-order valence-electron chi connectivity index (χ2n) is 5.70. The van der Waals surface area contributed by atoms with E-state index in [1.165, 1.54) is 6.07 Å². The fourth-order valence-electron chi connectivity index (χ4n) is 3.26. The van der Waals surface area contributed by atoms with Crippen LogP contribution in [0.5, 0.6) is 0 Å². The third-order valence-corrected chi connectivity index (χ3v) is 4.28. The first kappa shape index (κ1) is 13.9. The zero-order chi connectivity index (χ0) is 15.0. The molecule has 0 spiro atoms. The van der Waals surface area contributed by atoms with Gasteiger partial charge in [-0.15, -0.1) is 0 Å². The zero-order valence-electron chi connectivity index (χ0n) is 11.6. The zero-order valence-corrected chi connectivity index (χ0v) is 11.6. The normalized spacial score (nSPS) is 26.9. The van der Waals surface area contributed by atoms with Gasteiger partial charge in [-0.05, 0) is 19.3 Å². The fraction of sp³-hybridized carbons (Fsp3) is 0.615. The highest BCUT2D eigenvalue weighted by Gasteiger charge is 2.37. The number of aliphatic hydroxyl groups is 1. The predicted molar refractivity (Wildman–Crippen MR) is 76.1 cm³/mol. The van der Waals surface area contributed by atoms with Gasteiger partial charge in [-0.1, -0.05) is 0 Å². The van der Waals surface area contributed by atoms with Crippen molar-refractivity contribution in [2.45, 2.75) is 43.9 Å². The Bertz CT molecular complexity index is 649. The number of nitrogens with zero attached hydrogens (tertiary/aromatic N) is 1. The minimum absolute atomic E-state index is 0.207. The molecule has 0 aliphatic carbocycles. The van der Waals surface area contributed by atoms with Crippen LogP contribution < -0.4 is 22.3 Å². The molecule has 6 N–H and O–H groups in total. The molecule has 2 aliphatic rings. The number of nitrogens with two attached hydrogens (primary N) is 1. The van der Waals surface area contributed by atoms with Gasteiger partial charge in [0.15, 0.2) is 0 Å². The van der Waals surface area contributed by atoms with Crippen LogP contribution in [0.1, 0.15) is 37.5 Å². The van der Waals surface area contributed by atoms with E-state index in [4.69, 9.17) is 5.73 Å². The van der Waals surface area contributed by atoms with Gasteiger partial charge in [-0.25, -0.2) is 4.79 Å². The minimum atomic E-state index is -0.984. The third-order valence-electron chi connectivity index (χ3n) is 4.28. The number of piperidine rings is 1. The van der Waals surface area contributed by atoms with Crippen LogP contribution >= 0.6 is 0 Å². The molecule has 1 saturated heterocycles. The summed E-state index contributed by atoms with van der Waals surface area (Å²) in [6, 6.07) is 1.19. The van der Waals surface area contributed by atoms with Gasteiger partial charge in [-0.2, -0.15) is 0 Å². The summed E-state index contributed by atoms with van der Waals surface area (Å²) in [6.07, 6.45) is 3.04. The number of nitrogens with one attached hydrogen (secondary N) is 3. The van der Waals surface area contributed by atoms with Gasteiger partial charge in [-0.3, -0.25) is 25.4 Å². The maximum Gasteiger partial charge on any atom is 0.343 e. The van der Waals surface area contributed by atoms with Crippen molar-refractivity contribution < 1.29 is 9.68 Å². The summed E-state index contributed by atoms with van der Waals surface area (Å²) in [5.74, 6) is 0.558. The highest BCUT2D eigenvalue weighted by atomic mass is 16.3. The largest absolute Gasteiger partial charge is 0.383 e. The van der Waals surface area contributed by atoms with E-state index in [0.29, 0.717) is 12.0 Å². The first-order valence-electron chi connectivity index (χ1n) is 7.22. The quantitative estimate of drug-likeness (QED) is 0.417. The lowest BCUT2D eigenvalue weighted by Gasteiger charge is -2.35. The number of aliphatic hydroxyl groups excluding tert-OH is 1. The van der Waals surface area contributed by atoms with E-state index in [1.807, 2.05) is 0 Å². The van der Waals surface area contributed by atoms with E-state index in [9.17, 15) is 14.7 Å². The molecular weight excluding hydrogens is 274 g/mol. The van der Waals surface area contributed by atoms with Crippen LogP contribution in [0.25, 0.3) is 0 Å². The SMILES string of the molecule is NC1=[N+]2CCCC[C@@H]2C[C@H]([C@H](O)c2cc(=O)[nH]c(=O)[nH]2)N1. The van der Waals surface area contributed by atoms with Crippen molar-refractivity contribution in [3.63, 3.8) is 0 Å². The van der Waals surface area contributed by atoms with Gasteiger partial charge in [0, 0.05) is 12.5 Å². The third kappa shape index (κ3) is 2.71. The van der Waals surface area contributed by atoms with Gasteiger partial charge in [0.25, 0.3) is 5.56 Å². The Labute approximate surface area is 120 Å². The molecule has 3 heterocycles. The molecule has 21 heavy (non-hydrogen) atoms. The summed E-state index contributed by atoms with van der Waals surface area (Å²) >= 11 is 0. The van der Waals surface area contributed by atoms with Crippen molar-refractivity contribution in [1.82, 2.24) is 15.3 Å². The van der Waals surface area contributed by atoms with Crippen LogP contribution in [0, 0.1) is 0 Å². The summed E-state index contributed by atoms with van der Waals surface area (Å²) in [5.41, 5.74) is 5.09. The molecule has 0 saturated carbocycles. The number of hydrogen-bond donors (Lipinski definition) is 5. The average molecular weight is 294 g/mol. The first-order chi connectivity index (χ1) is 10.0. The number of aromatic nitrogens is 2. The lowest BCUT2D eigenvalue weighted by molar-refractivity contribution is -0.585. The second kappa shape index (κ2) is 5.36. The standard InChI is InChI=1S/C13H19N5O3/c14-12-15-8(5-7-3-1-2-4-18(7)12)11(20)9-6-10(19)17-13(21)16-9/h6-8,11,20H,1-5H2,(H4,14,15,16,17,19,21)/p+1/t7-,8-,11+/m1/s1. The maximum atomic E-state index is 11.3. The van der Waals surface area contributed by atoms with Gasteiger partial charge in [0.2, 0.25) is 0 Å². The molecule has 0 aromatic carbocycles. The summed E-state index contributed by atoms with van der Waals surface area (Å²) in [5, 5.41) is 13.5. The van der Waals surface area contributed by atoms with Crippen molar-refractivity contribution in [1.29, 1.82) is 0 Å². The molecule has 0 bridgehead atoms. The molecular formula is C13H20N5O3+. The molecule has 0 unspecified atom stereocenters. The van der Waals surface area contributed by atoms with Gasteiger partial charge >= 0.3 is 11.6 Å². The smallest absolute Gasteiger partial charge is 0.343 e. The number of H-pyrrole nitrogens is 2. The Morgan fingerprint density at radius 1 is 1.33 bits per heavy atom. The molecule has 2 aliphatic heterocycles. The van der Waals surface area contributed by atoms with Crippen LogP contribution in [-0.4, -0.2) is 44.2 Å². The van der Waals surface area contributed by atoms with Crippen LogP contribution in [0.3, 0.4) is 0 Å². The molecule has 1 aromatic heterocycles. The molecule has 3 rings (SSSR count). The summed E-state index contributed by atoms with van der Waals surface area (Å²) in [7, 11) is 0. The van der Waals surface area contributed by atoms with Crippen LogP contribution in [0.2, 0.25) is 0 Å². The average Bonchev–Trinajstić information content (AvgIpc) is 2.45. The van der Waals surface area contributed by atoms with Gasteiger partial charge < -0.3 is 10.1 Å². The molecule has 3 atom stereocenters. The van der Waals surface area contributed by atoms with Crippen molar-refractivity contribution in [3.05, 3.63) is 32.6 Å². The molecule has 1 aromatic rings. The Morgan fingerprint density at radius 3 is 2.90 bits per heavy atom. The summed E-state index contributed by atoms with van der Waals surface area (Å²) in [4.78, 5) is 27.2. The topological polar surface area (TPSA) is 127 Å². The fourth-order valence-corrected chi connectivity index (χ4v) is 3.26. The highest BCUT2D eigenvalue weighted by molar-refractivity contribution is 5.73. The maximum absolute atomic E-state index is 11.3. The molecule has 8 nitrogen and oxygen atoms in total. The van der Waals surface area contributed by atoms with Gasteiger partial charge in [0.1, 0.15) is 12.1 Å². The van der Waals surface area contributed by atoms with E-state index in [-0.39, 0.29) is 11.7 Å². The second-order valence-corrected chi connectivity index (χ2v) is 5.70. The predicted octanol–water partition coefficient (Wildman–Crippen LogP) is -1.66. The van der Waals surface area contributed by atoms with Crippen LogP contribution in [-0.2, 0) is 0 Å². The molecule has 8 heteroatoms. The Morgan fingerprint density at radius 2 is 2.14 bits per heavy atom. The van der Waals surface area contributed by atoms with Crippen molar-refractivity contribution in [2.75, 3.05) is 6.54 Å². The molecule has 1 fully saturated rings. The van der Waals surface area contributed by atoms with Crippen molar-refractivity contribution in [2.24, 2.45) is 5.73 Å². The van der Waals surface area contributed by atoms with Crippen molar-refractivity contribution >= 4 is 5.96 Å². The van der Waals surface area contributed by atoms with E-state index in [0.717, 1.165) is 32.2 Å². The Balaban J connectivity index is 1.86. The lowest BCUT2D eigenvalue weighted by Crippen LogP contribution is -2.58. The Kier molecular flexibility index (Phi) is 3.54. The van der Waals surface area contributed by atoms with Crippen LogP contribution in [0.4, 0.5) is 0 Å². The molecule has 114 valence electrons. The number of hydrogen-bond acceptors (Lipinski definition) is 5. The highest BCUT2D eigenvalue weighted by Crippen LogP contribution is 2.25. The van der Waals surface area contributed by atoms with Crippen LogP contribution in [0.15, 0.2) is 15.7 Å². The van der Waals surface area contributed by atoms with E-state index < -0.39 is 17.4 Å². The number of aromatic amines is 2. The van der Waals surface area contributed by atoms with E-state index >= 15 is 0 Å². The lowest BCUT2D eigenvalue weighted by atomic mass is 9.92. The minimum Gasteiger partial charge on any atom is -0.383 e. The number of rotatable bonds is 2. The molecule has 0 amide bonds. The number of fused-ring (bicyclic) bond motifs is 1. The number of guanidine groups is 1. The van der Waals surface area contributed by atoms with E-state index in [1.54, 1.807) is 0 Å². The van der Waals surface area contributed by atoms with Crippen molar-refractivity contribution in [3.8, 4) is 0 Å². The Hall–Kier alpha value is -2.09. The summed E-state index contributed by atoms with van der Waals surface area (Å²) in [6.45, 7) is 0.925. The summed E-state index contributed by atoms with van der Waals surface area (Å²) < 4.78 is 2.13. The van der Waals surface area contributed by atoms with Gasteiger partial charge in [0.05, 0.1) is 18.3 Å². The van der Waals surface area contributed by atoms with E-state index in [2.05, 4.69) is 19.9 Å².